The number of hydrogen-bond donors (Lipinski definition) is 1. The van der Waals surface area contributed by atoms with Gasteiger partial charge in [0, 0.05) is 18.8 Å². The number of aliphatic hydroxyl groups is 1. The molecule has 0 bridgehead atoms. The van der Waals surface area contributed by atoms with Crippen molar-refractivity contribution in [3.63, 3.8) is 0 Å². The van der Waals surface area contributed by atoms with E-state index in [1.54, 1.807) is 32.3 Å². The average Bonchev–Trinajstić information content (AvgIpc) is 2.48. The Labute approximate surface area is 137 Å². The zero-order valence-electron chi connectivity index (χ0n) is 13.1. The standard InChI is InChI=1S/C16H17F3N2O3/c1-15(2,13(22)10-14-20-8-3-9-21-14)23-11-4-6-12(7-5-11)24-16(17,18)19/h3-9,13,22H,10H2,1-2H3. The van der Waals surface area contributed by atoms with Crippen molar-refractivity contribution in [2.24, 2.45) is 0 Å². The van der Waals surface area contributed by atoms with Crippen molar-refractivity contribution in [2.75, 3.05) is 0 Å². The van der Waals surface area contributed by atoms with Gasteiger partial charge in [-0.15, -0.1) is 13.2 Å². The lowest BCUT2D eigenvalue weighted by atomic mass is 9.98. The van der Waals surface area contributed by atoms with E-state index in [9.17, 15) is 18.3 Å². The number of halogens is 3. The third-order valence-corrected chi connectivity index (χ3v) is 3.24. The van der Waals surface area contributed by atoms with Gasteiger partial charge in [0.1, 0.15) is 29.0 Å². The van der Waals surface area contributed by atoms with Gasteiger partial charge in [-0.1, -0.05) is 0 Å². The Balaban J connectivity index is 2.00. The second-order valence-corrected chi connectivity index (χ2v) is 5.61. The molecule has 2 aromatic rings. The molecular weight excluding hydrogens is 325 g/mol. The number of hydrogen-bond acceptors (Lipinski definition) is 5. The molecule has 1 atom stereocenters. The summed E-state index contributed by atoms with van der Waals surface area (Å²) in [4.78, 5) is 8.07. The van der Waals surface area contributed by atoms with Gasteiger partial charge in [0.05, 0.1) is 0 Å². The predicted molar refractivity (Wildman–Crippen MR) is 79.6 cm³/mol. The fourth-order valence-corrected chi connectivity index (χ4v) is 1.94. The average molecular weight is 342 g/mol. The van der Waals surface area contributed by atoms with E-state index in [-0.39, 0.29) is 12.2 Å². The van der Waals surface area contributed by atoms with Crippen molar-refractivity contribution in [1.82, 2.24) is 9.97 Å². The maximum Gasteiger partial charge on any atom is 0.573 e. The lowest BCUT2D eigenvalue weighted by Crippen LogP contribution is -2.43. The Hall–Kier alpha value is -2.35. The summed E-state index contributed by atoms with van der Waals surface area (Å²) >= 11 is 0. The third-order valence-electron chi connectivity index (χ3n) is 3.24. The van der Waals surface area contributed by atoms with E-state index in [4.69, 9.17) is 4.74 Å². The highest BCUT2D eigenvalue weighted by Gasteiger charge is 2.32. The lowest BCUT2D eigenvalue weighted by molar-refractivity contribution is -0.274. The molecule has 0 aliphatic rings. The number of benzene rings is 1. The summed E-state index contributed by atoms with van der Waals surface area (Å²) in [6.45, 7) is 3.33. The highest BCUT2D eigenvalue weighted by atomic mass is 19.4. The van der Waals surface area contributed by atoms with Gasteiger partial charge in [-0.3, -0.25) is 0 Å². The van der Waals surface area contributed by atoms with E-state index in [1.807, 2.05) is 0 Å². The van der Waals surface area contributed by atoms with Crippen LogP contribution in [0.4, 0.5) is 13.2 Å². The maximum absolute atomic E-state index is 12.1. The van der Waals surface area contributed by atoms with Crippen LogP contribution in [0.25, 0.3) is 0 Å². The molecule has 0 saturated carbocycles. The molecule has 0 saturated heterocycles. The van der Waals surface area contributed by atoms with Crippen LogP contribution in [-0.4, -0.2) is 33.1 Å². The molecule has 1 unspecified atom stereocenters. The molecule has 24 heavy (non-hydrogen) atoms. The Morgan fingerprint density at radius 1 is 1.00 bits per heavy atom. The van der Waals surface area contributed by atoms with E-state index < -0.39 is 18.1 Å². The molecule has 1 heterocycles. The quantitative estimate of drug-likeness (QED) is 0.874. The van der Waals surface area contributed by atoms with E-state index in [0.29, 0.717) is 11.6 Å². The van der Waals surface area contributed by atoms with Crippen molar-refractivity contribution in [3.05, 3.63) is 48.5 Å². The zero-order chi connectivity index (χ0) is 17.8. The minimum Gasteiger partial charge on any atom is -0.485 e. The smallest absolute Gasteiger partial charge is 0.485 e. The van der Waals surface area contributed by atoms with Crippen LogP contribution in [0.5, 0.6) is 11.5 Å². The molecule has 1 aromatic heterocycles. The number of alkyl halides is 3. The maximum atomic E-state index is 12.1. The van der Waals surface area contributed by atoms with Gasteiger partial charge in [0.2, 0.25) is 0 Å². The number of aliphatic hydroxyl groups excluding tert-OH is 1. The van der Waals surface area contributed by atoms with Crippen LogP contribution in [0.3, 0.4) is 0 Å². The monoisotopic (exact) mass is 342 g/mol. The number of aromatic nitrogens is 2. The summed E-state index contributed by atoms with van der Waals surface area (Å²) in [6.07, 6.45) is -2.33. The van der Waals surface area contributed by atoms with Crippen LogP contribution in [-0.2, 0) is 6.42 Å². The zero-order valence-corrected chi connectivity index (χ0v) is 13.1. The van der Waals surface area contributed by atoms with E-state index >= 15 is 0 Å². The van der Waals surface area contributed by atoms with Crippen LogP contribution in [0.1, 0.15) is 19.7 Å². The SMILES string of the molecule is CC(C)(Oc1ccc(OC(F)(F)F)cc1)C(O)Cc1ncccn1. The first-order chi connectivity index (χ1) is 11.2. The molecule has 130 valence electrons. The number of nitrogens with zero attached hydrogens (tertiary/aromatic N) is 2. The minimum absolute atomic E-state index is 0.184. The van der Waals surface area contributed by atoms with E-state index in [1.165, 1.54) is 12.1 Å². The second kappa shape index (κ2) is 7.04. The molecule has 0 aliphatic carbocycles. The second-order valence-electron chi connectivity index (χ2n) is 5.61. The Kier molecular flexibility index (Phi) is 5.28. The lowest BCUT2D eigenvalue weighted by Gasteiger charge is -2.31. The summed E-state index contributed by atoms with van der Waals surface area (Å²) in [5.74, 6) is 0.434. The summed E-state index contributed by atoms with van der Waals surface area (Å²) in [6, 6.07) is 6.64. The van der Waals surface area contributed by atoms with Gasteiger partial charge >= 0.3 is 6.36 Å². The first-order valence-corrected chi connectivity index (χ1v) is 7.14. The summed E-state index contributed by atoms with van der Waals surface area (Å²) in [5.41, 5.74) is -0.994. The highest BCUT2D eigenvalue weighted by Crippen LogP contribution is 2.27. The summed E-state index contributed by atoms with van der Waals surface area (Å²) in [7, 11) is 0. The van der Waals surface area contributed by atoms with Crippen LogP contribution in [0.2, 0.25) is 0 Å². The number of ether oxygens (including phenoxy) is 2. The molecule has 0 aliphatic heterocycles. The Morgan fingerprint density at radius 3 is 2.00 bits per heavy atom. The van der Waals surface area contributed by atoms with Crippen molar-refractivity contribution in [2.45, 2.75) is 38.3 Å². The summed E-state index contributed by atoms with van der Waals surface area (Å²) < 4.78 is 45.9. The van der Waals surface area contributed by atoms with E-state index in [0.717, 1.165) is 12.1 Å². The van der Waals surface area contributed by atoms with Crippen LogP contribution in [0.15, 0.2) is 42.7 Å². The molecule has 2 rings (SSSR count). The molecule has 0 fully saturated rings. The predicted octanol–water partition coefficient (Wildman–Crippen LogP) is 3.14. The molecule has 8 heteroatoms. The Morgan fingerprint density at radius 2 is 1.50 bits per heavy atom. The Bertz CT molecular complexity index is 646. The van der Waals surface area contributed by atoms with Gasteiger partial charge < -0.3 is 14.6 Å². The minimum atomic E-state index is -4.74. The van der Waals surface area contributed by atoms with Crippen molar-refractivity contribution in [1.29, 1.82) is 0 Å². The van der Waals surface area contributed by atoms with Gasteiger partial charge in [-0.05, 0) is 44.2 Å². The molecular formula is C16H17F3N2O3. The van der Waals surface area contributed by atoms with E-state index in [2.05, 4.69) is 14.7 Å². The van der Waals surface area contributed by atoms with Crippen LogP contribution >= 0.6 is 0 Å². The number of rotatable bonds is 6. The molecule has 0 amide bonds. The van der Waals surface area contributed by atoms with Crippen LogP contribution < -0.4 is 9.47 Å². The van der Waals surface area contributed by atoms with Crippen molar-refractivity contribution in [3.8, 4) is 11.5 Å². The van der Waals surface area contributed by atoms with Gasteiger partial charge in [-0.25, -0.2) is 9.97 Å². The largest absolute Gasteiger partial charge is 0.573 e. The fraction of sp³-hybridized carbons (Fsp3) is 0.375. The molecule has 5 nitrogen and oxygen atoms in total. The molecule has 0 radical (unpaired) electrons. The third kappa shape index (κ3) is 5.38. The first kappa shape index (κ1) is 18.0. The van der Waals surface area contributed by atoms with Gasteiger partial charge in [0.25, 0.3) is 0 Å². The molecule has 1 aromatic carbocycles. The first-order valence-electron chi connectivity index (χ1n) is 7.14. The van der Waals surface area contributed by atoms with Gasteiger partial charge in [-0.2, -0.15) is 0 Å². The van der Waals surface area contributed by atoms with Crippen molar-refractivity contribution < 1.29 is 27.8 Å². The van der Waals surface area contributed by atoms with Crippen molar-refractivity contribution >= 4 is 0 Å². The summed E-state index contributed by atoms with van der Waals surface area (Å²) in [5, 5.41) is 10.3. The topological polar surface area (TPSA) is 64.5 Å². The highest BCUT2D eigenvalue weighted by molar-refractivity contribution is 5.31. The van der Waals surface area contributed by atoms with Crippen LogP contribution in [0, 0.1) is 0 Å². The van der Waals surface area contributed by atoms with Gasteiger partial charge in [0.15, 0.2) is 0 Å². The fourth-order valence-electron chi connectivity index (χ4n) is 1.94. The normalized spacial score (nSPS) is 13.4. The molecule has 1 N–H and O–H groups in total. The molecule has 0 spiro atoms.